The lowest BCUT2D eigenvalue weighted by molar-refractivity contribution is -0.144. The van der Waals surface area contributed by atoms with Gasteiger partial charge in [0.2, 0.25) is 0 Å². The van der Waals surface area contributed by atoms with E-state index in [4.69, 9.17) is 4.74 Å². The Morgan fingerprint density at radius 1 is 0.560 bits per heavy atom. The zero-order valence-electron chi connectivity index (χ0n) is 33.6. The molecule has 0 rings (SSSR count). The van der Waals surface area contributed by atoms with Crippen molar-refractivity contribution in [1.82, 2.24) is 4.90 Å². The van der Waals surface area contributed by atoms with E-state index in [9.17, 15) is 19.8 Å². The molecule has 1 atom stereocenters. The Hall–Kier alpha value is -1.40. The van der Waals surface area contributed by atoms with Crippen LogP contribution in [-0.4, -0.2) is 59.9 Å². The van der Waals surface area contributed by atoms with E-state index in [1.54, 1.807) is 0 Å². The molecule has 6 nitrogen and oxygen atoms in total. The summed E-state index contributed by atoms with van der Waals surface area (Å²) in [6.07, 6.45) is 38.6. The average Bonchev–Trinajstić information content (AvgIpc) is 3.10. The second kappa shape index (κ2) is 38.8. The van der Waals surface area contributed by atoms with Crippen LogP contribution in [0.2, 0.25) is 0 Å². The van der Waals surface area contributed by atoms with Gasteiger partial charge in [-0.1, -0.05) is 168 Å². The number of aliphatic carboxylic acids is 1. The number of allylic oxidation sites excluding steroid dienone is 1. The zero-order valence-corrected chi connectivity index (χ0v) is 33.6. The summed E-state index contributed by atoms with van der Waals surface area (Å²) in [5.41, 5.74) is 0. The third-order valence-electron chi connectivity index (χ3n) is 10.5. The maximum atomic E-state index is 12.4. The lowest BCUT2D eigenvalue weighted by Crippen LogP contribution is -2.29. The van der Waals surface area contributed by atoms with Crippen molar-refractivity contribution in [3.63, 3.8) is 0 Å². The number of aliphatic hydroxyl groups excluding tert-OH is 1. The summed E-state index contributed by atoms with van der Waals surface area (Å²) in [5.74, 6) is -0.521. The van der Waals surface area contributed by atoms with E-state index in [1.165, 1.54) is 103 Å². The smallest absolute Gasteiger partial charge is 0.306 e. The largest absolute Gasteiger partial charge is 0.481 e. The molecule has 0 heterocycles. The number of carboxylic acid groups (broad SMARTS) is 1. The molecule has 0 amide bonds. The molecule has 0 aromatic rings. The molecule has 1 unspecified atom stereocenters. The van der Waals surface area contributed by atoms with Gasteiger partial charge in [-0.25, -0.2) is 0 Å². The fourth-order valence-electron chi connectivity index (χ4n) is 7.23. The third-order valence-corrected chi connectivity index (χ3v) is 10.5. The van der Waals surface area contributed by atoms with Crippen LogP contribution < -0.4 is 0 Å². The number of nitrogens with zero attached hydrogens (tertiary/aromatic N) is 1. The van der Waals surface area contributed by atoms with Gasteiger partial charge >= 0.3 is 11.9 Å². The molecule has 296 valence electrons. The molecular formula is C44H85NO5. The van der Waals surface area contributed by atoms with Gasteiger partial charge in [0.1, 0.15) is 6.61 Å². The predicted molar refractivity (Wildman–Crippen MR) is 214 cm³/mol. The Morgan fingerprint density at radius 2 is 1.02 bits per heavy atom. The minimum absolute atomic E-state index is 0.0885. The quantitative estimate of drug-likeness (QED) is 0.0374. The SMILES string of the molecule is CCCCCCC=CCOC(=O)CCCCCCCN(CCO)CCCCCCC(C(=O)O)C(CCCCCCCC)CCCCCCCC. The van der Waals surface area contributed by atoms with Crippen LogP contribution in [0, 0.1) is 11.8 Å². The van der Waals surface area contributed by atoms with E-state index >= 15 is 0 Å². The minimum atomic E-state index is -0.572. The molecular weight excluding hydrogens is 622 g/mol. The lowest BCUT2D eigenvalue weighted by Gasteiger charge is -2.25. The summed E-state index contributed by atoms with van der Waals surface area (Å²) >= 11 is 0. The highest BCUT2D eigenvalue weighted by Crippen LogP contribution is 2.30. The van der Waals surface area contributed by atoms with Crippen LogP contribution in [0.4, 0.5) is 0 Å². The monoisotopic (exact) mass is 708 g/mol. The normalized spacial score (nSPS) is 12.4. The van der Waals surface area contributed by atoms with E-state index in [0.29, 0.717) is 18.9 Å². The van der Waals surface area contributed by atoms with Crippen molar-refractivity contribution >= 4 is 11.9 Å². The van der Waals surface area contributed by atoms with Gasteiger partial charge in [-0.05, 0) is 70.4 Å². The van der Waals surface area contributed by atoms with Crippen molar-refractivity contribution in [3.05, 3.63) is 12.2 Å². The first kappa shape index (κ1) is 48.6. The molecule has 0 aromatic carbocycles. The van der Waals surface area contributed by atoms with Gasteiger partial charge in [0.05, 0.1) is 12.5 Å². The van der Waals surface area contributed by atoms with Gasteiger partial charge in [-0.3, -0.25) is 9.59 Å². The maximum absolute atomic E-state index is 12.4. The molecule has 0 aliphatic rings. The summed E-state index contributed by atoms with van der Waals surface area (Å²) in [6, 6.07) is 0. The molecule has 2 N–H and O–H groups in total. The van der Waals surface area contributed by atoms with E-state index < -0.39 is 5.97 Å². The zero-order chi connectivity index (χ0) is 36.8. The van der Waals surface area contributed by atoms with Gasteiger partial charge in [0.15, 0.2) is 0 Å². The Morgan fingerprint density at radius 3 is 1.54 bits per heavy atom. The van der Waals surface area contributed by atoms with Crippen molar-refractivity contribution < 1.29 is 24.5 Å². The van der Waals surface area contributed by atoms with Gasteiger partial charge in [0.25, 0.3) is 0 Å². The van der Waals surface area contributed by atoms with Gasteiger partial charge < -0.3 is 19.8 Å². The number of hydrogen-bond donors (Lipinski definition) is 2. The highest BCUT2D eigenvalue weighted by atomic mass is 16.5. The maximum Gasteiger partial charge on any atom is 0.306 e. The second-order valence-electron chi connectivity index (χ2n) is 15.1. The van der Waals surface area contributed by atoms with E-state index in [0.717, 1.165) is 103 Å². The first-order valence-corrected chi connectivity index (χ1v) is 21.9. The number of hydrogen-bond acceptors (Lipinski definition) is 5. The highest BCUT2D eigenvalue weighted by Gasteiger charge is 2.27. The summed E-state index contributed by atoms with van der Waals surface area (Å²) in [4.78, 5) is 26.8. The lowest BCUT2D eigenvalue weighted by atomic mass is 9.80. The number of unbranched alkanes of at least 4 members (excludes halogenated alkanes) is 21. The third kappa shape index (κ3) is 32.5. The Balaban J connectivity index is 4.25. The summed E-state index contributed by atoms with van der Waals surface area (Å²) < 4.78 is 5.32. The van der Waals surface area contributed by atoms with Crippen molar-refractivity contribution in [2.75, 3.05) is 32.8 Å². The Kier molecular flexibility index (Phi) is 37.7. The minimum Gasteiger partial charge on any atom is -0.481 e. The van der Waals surface area contributed by atoms with Crippen LogP contribution >= 0.6 is 0 Å². The fourth-order valence-corrected chi connectivity index (χ4v) is 7.23. The van der Waals surface area contributed by atoms with Crippen LogP contribution in [0.1, 0.15) is 213 Å². The average molecular weight is 708 g/mol. The number of carbonyl (C=O) groups excluding carboxylic acids is 1. The molecule has 50 heavy (non-hydrogen) atoms. The standard InChI is InChI=1S/C44H85NO5/c1-4-7-10-13-16-24-31-40-50-43(47)35-28-20-17-22-29-36-45(38-39-46)37-30-23-21-27-34-42(44(48)49)41(32-25-18-14-11-8-5-2)33-26-19-15-12-9-6-3/h24,31,41-42,46H,4-23,25-30,32-40H2,1-3H3,(H,48,49). The first-order valence-electron chi connectivity index (χ1n) is 21.9. The molecule has 0 aromatic heterocycles. The molecule has 0 aliphatic heterocycles. The van der Waals surface area contributed by atoms with Gasteiger partial charge in [-0.2, -0.15) is 0 Å². The molecule has 0 fully saturated rings. The number of rotatable bonds is 40. The number of carboxylic acids is 1. The molecule has 0 aliphatic carbocycles. The highest BCUT2D eigenvalue weighted by molar-refractivity contribution is 5.70. The molecule has 0 bridgehead atoms. The Labute approximate surface area is 311 Å². The molecule has 0 saturated carbocycles. The molecule has 0 spiro atoms. The second-order valence-corrected chi connectivity index (χ2v) is 15.1. The van der Waals surface area contributed by atoms with Crippen LogP contribution in [0.25, 0.3) is 0 Å². The molecule has 6 heteroatoms. The topological polar surface area (TPSA) is 87.1 Å². The van der Waals surface area contributed by atoms with Crippen molar-refractivity contribution in [1.29, 1.82) is 0 Å². The van der Waals surface area contributed by atoms with E-state index in [-0.39, 0.29) is 18.5 Å². The van der Waals surface area contributed by atoms with Crippen LogP contribution in [0.3, 0.4) is 0 Å². The number of esters is 1. The number of carbonyl (C=O) groups is 2. The predicted octanol–water partition coefficient (Wildman–Crippen LogP) is 12.5. The summed E-state index contributed by atoms with van der Waals surface area (Å²) in [7, 11) is 0. The van der Waals surface area contributed by atoms with Crippen LogP contribution in [0.5, 0.6) is 0 Å². The fraction of sp³-hybridized carbons (Fsp3) is 0.909. The van der Waals surface area contributed by atoms with Crippen molar-refractivity contribution in [3.8, 4) is 0 Å². The molecule has 0 saturated heterocycles. The first-order chi connectivity index (χ1) is 24.5. The summed E-state index contributed by atoms with van der Waals surface area (Å²) in [6.45, 7) is 10.0. The van der Waals surface area contributed by atoms with Crippen LogP contribution in [0.15, 0.2) is 12.2 Å². The van der Waals surface area contributed by atoms with Crippen molar-refractivity contribution in [2.24, 2.45) is 11.8 Å². The summed E-state index contributed by atoms with van der Waals surface area (Å²) in [5, 5.41) is 19.8. The van der Waals surface area contributed by atoms with Crippen LogP contribution in [-0.2, 0) is 14.3 Å². The van der Waals surface area contributed by atoms with Crippen molar-refractivity contribution in [2.45, 2.75) is 213 Å². The van der Waals surface area contributed by atoms with E-state index in [1.807, 2.05) is 6.08 Å². The number of aliphatic hydroxyl groups is 1. The van der Waals surface area contributed by atoms with Gasteiger partial charge in [-0.15, -0.1) is 0 Å². The van der Waals surface area contributed by atoms with E-state index in [2.05, 4.69) is 31.7 Å². The number of ether oxygens (including phenoxy) is 1. The van der Waals surface area contributed by atoms with Gasteiger partial charge in [0, 0.05) is 13.0 Å². The molecule has 0 radical (unpaired) electrons. The Bertz CT molecular complexity index is 741.